The van der Waals surface area contributed by atoms with E-state index in [0.29, 0.717) is 10.6 Å². The minimum atomic E-state index is -4.03. The van der Waals surface area contributed by atoms with Crippen LogP contribution in [0.25, 0.3) is 0 Å². The van der Waals surface area contributed by atoms with Crippen molar-refractivity contribution in [3.05, 3.63) is 99.3 Å². The van der Waals surface area contributed by atoms with Crippen molar-refractivity contribution in [3.8, 4) is 0 Å². The van der Waals surface area contributed by atoms with Crippen LogP contribution in [-0.2, 0) is 21.4 Å². The third-order valence-electron chi connectivity index (χ3n) is 4.62. The van der Waals surface area contributed by atoms with Crippen LogP contribution in [0.4, 0.5) is 4.39 Å². The van der Waals surface area contributed by atoms with Crippen LogP contribution in [0.3, 0.4) is 0 Å². The Morgan fingerprint density at radius 3 is 2.42 bits per heavy atom. The highest BCUT2D eigenvalue weighted by Crippen LogP contribution is 2.25. The van der Waals surface area contributed by atoms with Crippen LogP contribution >= 0.6 is 23.2 Å². The van der Waals surface area contributed by atoms with Gasteiger partial charge in [-0.05, 0) is 42.8 Å². The third-order valence-corrected chi connectivity index (χ3v) is 7.16. The second kappa shape index (κ2) is 10.9. The first-order valence-corrected chi connectivity index (χ1v) is 11.9. The average molecular weight is 508 g/mol. The van der Waals surface area contributed by atoms with Crippen molar-refractivity contribution in [3.63, 3.8) is 0 Å². The number of hydrazone groups is 1. The van der Waals surface area contributed by atoms with Gasteiger partial charge in [0.2, 0.25) is 10.0 Å². The number of hydrogen-bond donors (Lipinski definition) is 1. The Kier molecular flexibility index (Phi) is 8.20. The van der Waals surface area contributed by atoms with Crippen LogP contribution in [0, 0.1) is 12.7 Å². The van der Waals surface area contributed by atoms with E-state index in [0.717, 1.165) is 16.1 Å². The smallest absolute Gasteiger partial charge is 0.255 e. The number of sulfonamides is 1. The largest absolute Gasteiger partial charge is 0.272 e. The van der Waals surface area contributed by atoms with Gasteiger partial charge in [-0.3, -0.25) is 4.79 Å². The van der Waals surface area contributed by atoms with Gasteiger partial charge in [0.25, 0.3) is 5.91 Å². The number of nitrogens with zero attached hydrogens (tertiary/aromatic N) is 2. The van der Waals surface area contributed by atoms with E-state index in [2.05, 4.69) is 10.5 Å². The fraction of sp³-hybridized carbons (Fsp3) is 0.130. The molecule has 33 heavy (non-hydrogen) atoms. The molecule has 0 saturated carbocycles. The van der Waals surface area contributed by atoms with Crippen molar-refractivity contribution in [2.45, 2.75) is 18.4 Å². The van der Waals surface area contributed by atoms with Crippen LogP contribution in [0.2, 0.25) is 10.0 Å². The summed E-state index contributed by atoms with van der Waals surface area (Å²) in [5, 5.41) is 4.32. The van der Waals surface area contributed by atoms with Crippen LogP contribution in [-0.4, -0.2) is 31.4 Å². The number of hydrogen-bond acceptors (Lipinski definition) is 4. The topological polar surface area (TPSA) is 78.8 Å². The molecule has 3 rings (SSSR count). The molecule has 10 heteroatoms. The van der Waals surface area contributed by atoms with Gasteiger partial charge in [-0.2, -0.15) is 9.41 Å². The van der Waals surface area contributed by atoms with E-state index >= 15 is 0 Å². The Balaban J connectivity index is 1.82. The number of carbonyl (C=O) groups excluding carboxylic acids is 1. The number of benzene rings is 3. The minimum Gasteiger partial charge on any atom is -0.272 e. The van der Waals surface area contributed by atoms with E-state index in [9.17, 15) is 17.6 Å². The zero-order valence-corrected chi connectivity index (χ0v) is 19.8. The summed E-state index contributed by atoms with van der Waals surface area (Å²) in [6, 6.07) is 16.9. The molecule has 0 radical (unpaired) electrons. The molecule has 0 bridgehead atoms. The number of aryl methyl sites for hydroxylation is 1. The first kappa shape index (κ1) is 24.9. The standard InChI is InChI=1S/C23H20Cl2FN3O3S/c1-16-6-9-19(10-7-16)33(31,32)29(14-17-8-11-20(24)21(25)12-17)15-23(30)28-27-13-18-4-2-3-5-22(18)26/h2-13H,14-15H2,1H3,(H,28,30). The van der Waals surface area contributed by atoms with E-state index in [4.69, 9.17) is 23.2 Å². The van der Waals surface area contributed by atoms with Gasteiger partial charge in [0.15, 0.2) is 0 Å². The van der Waals surface area contributed by atoms with Gasteiger partial charge in [0, 0.05) is 12.1 Å². The maximum Gasteiger partial charge on any atom is 0.255 e. The summed E-state index contributed by atoms with van der Waals surface area (Å²) in [4.78, 5) is 12.5. The van der Waals surface area contributed by atoms with Gasteiger partial charge in [0.05, 0.1) is 27.7 Å². The summed E-state index contributed by atoms with van der Waals surface area (Å²) in [5.74, 6) is -1.20. The lowest BCUT2D eigenvalue weighted by Gasteiger charge is -2.22. The summed E-state index contributed by atoms with van der Waals surface area (Å²) < 4.78 is 41.2. The van der Waals surface area contributed by atoms with E-state index in [1.54, 1.807) is 30.3 Å². The van der Waals surface area contributed by atoms with Crippen molar-refractivity contribution >= 4 is 45.3 Å². The Morgan fingerprint density at radius 1 is 1.06 bits per heavy atom. The first-order chi connectivity index (χ1) is 15.7. The molecule has 0 aliphatic heterocycles. The normalized spacial score (nSPS) is 11.8. The molecule has 6 nitrogen and oxygen atoms in total. The van der Waals surface area contributed by atoms with Crippen LogP contribution in [0.1, 0.15) is 16.7 Å². The summed E-state index contributed by atoms with van der Waals surface area (Å²) in [5.41, 5.74) is 3.85. The van der Waals surface area contributed by atoms with Gasteiger partial charge < -0.3 is 0 Å². The zero-order valence-electron chi connectivity index (χ0n) is 17.5. The van der Waals surface area contributed by atoms with Crippen molar-refractivity contribution in [2.24, 2.45) is 5.10 Å². The average Bonchev–Trinajstić information content (AvgIpc) is 2.77. The van der Waals surface area contributed by atoms with Crippen molar-refractivity contribution in [1.82, 2.24) is 9.73 Å². The molecule has 0 heterocycles. The fourth-order valence-corrected chi connectivity index (χ4v) is 4.58. The highest BCUT2D eigenvalue weighted by atomic mass is 35.5. The molecule has 1 amide bonds. The summed E-state index contributed by atoms with van der Waals surface area (Å²) >= 11 is 12.0. The Morgan fingerprint density at radius 2 is 1.76 bits per heavy atom. The lowest BCUT2D eigenvalue weighted by molar-refractivity contribution is -0.121. The number of rotatable bonds is 8. The van der Waals surface area contributed by atoms with E-state index in [1.807, 2.05) is 6.92 Å². The molecule has 0 atom stereocenters. The number of carbonyl (C=O) groups is 1. The highest BCUT2D eigenvalue weighted by Gasteiger charge is 2.27. The predicted octanol–water partition coefficient (Wildman–Crippen LogP) is 4.78. The maximum absolute atomic E-state index is 13.7. The second-order valence-corrected chi connectivity index (χ2v) is 9.90. The third kappa shape index (κ3) is 6.61. The van der Waals surface area contributed by atoms with Crippen LogP contribution in [0.5, 0.6) is 0 Å². The molecule has 3 aromatic rings. The van der Waals surface area contributed by atoms with Gasteiger partial charge in [-0.15, -0.1) is 0 Å². The summed E-state index contributed by atoms with van der Waals surface area (Å²) in [7, 11) is -4.03. The Bertz CT molecular complexity index is 1280. The molecule has 0 saturated heterocycles. The number of halogens is 3. The van der Waals surface area contributed by atoms with Crippen molar-refractivity contribution in [1.29, 1.82) is 0 Å². The molecule has 0 aliphatic rings. The highest BCUT2D eigenvalue weighted by molar-refractivity contribution is 7.89. The summed E-state index contributed by atoms with van der Waals surface area (Å²) in [6.45, 7) is 1.19. The molecule has 0 spiro atoms. The minimum absolute atomic E-state index is 0.0378. The Hall–Kier alpha value is -2.78. The monoisotopic (exact) mass is 507 g/mol. The summed E-state index contributed by atoms with van der Waals surface area (Å²) in [6.07, 6.45) is 1.14. The quantitative estimate of drug-likeness (QED) is 0.351. The SMILES string of the molecule is Cc1ccc(S(=O)(=O)N(CC(=O)NN=Cc2ccccc2F)Cc2ccc(Cl)c(Cl)c2)cc1. The van der Waals surface area contributed by atoms with E-state index in [1.165, 1.54) is 36.4 Å². The molecule has 0 aromatic heterocycles. The second-order valence-electron chi connectivity index (χ2n) is 7.15. The van der Waals surface area contributed by atoms with E-state index in [-0.39, 0.29) is 22.0 Å². The van der Waals surface area contributed by atoms with Gasteiger partial charge in [-0.1, -0.05) is 65.2 Å². The Labute approximate surface area is 201 Å². The molecular formula is C23H20Cl2FN3O3S. The van der Waals surface area contributed by atoms with Gasteiger partial charge >= 0.3 is 0 Å². The van der Waals surface area contributed by atoms with Gasteiger partial charge in [0.1, 0.15) is 5.82 Å². The maximum atomic E-state index is 13.7. The lowest BCUT2D eigenvalue weighted by Crippen LogP contribution is -2.39. The molecular weight excluding hydrogens is 488 g/mol. The molecule has 172 valence electrons. The van der Waals surface area contributed by atoms with Gasteiger partial charge in [-0.25, -0.2) is 18.2 Å². The zero-order chi connectivity index (χ0) is 24.0. The van der Waals surface area contributed by atoms with Crippen molar-refractivity contribution < 1.29 is 17.6 Å². The molecule has 1 N–H and O–H groups in total. The molecule has 0 unspecified atom stereocenters. The molecule has 0 aliphatic carbocycles. The fourth-order valence-electron chi connectivity index (χ4n) is 2.88. The van der Waals surface area contributed by atoms with Crippen LogP contribution in [0.15, 0.2) is 76.7 Å². The predicted molar refractivity (Wildman–Crippen MR) is 127 cm³/mol. The number of nitrogens with one attached hydrogen (secondary N) is 1. The van der Waals surface area contributed by atoms with Crippen LogP contribution < -0.4 is 5.43 Å². The number of amides is 1. The lowest BCUT2D eigenvalue weighted by atomic mass is 10.2. The molecule has 3 aromatic carbocycles. The van der Waals surface area contributed by atoms with E-state index < -0.39 is 28.3 Å². The van der Waals surface area contributed by atoms with Crippen molar-refractivity contribution in [2.75, 3.05) is 6.54 Å². The molecule has 0 fully saturated rings. The first-order valence-electron chi connectivity index (χ1n) is 9.74.